The molecule has 0 bridgehead atoms. The van der Waals surface area contributed by atoms with Gasteiger partial charge < -0.3 is 11.2 Å². The van der Waals surface area contributed by atoms with Crippen LogP contribution >= 0.6 is 23.1 Å². The maximum atomic E-state index is 12.3. The number of aromatic nitrogens is 5. The van der Waals surface area contributed by atoms with Gasteiger partial charge in [0.2, 0.25) is 10.2 Å². The molecular weight excluding hydrogens is 454 g/mol. The molecule has 3 N–H and O–H groups in total. The van der Waals surface area contributed by atoms with Crippen molar-refractivity contribution < 1.29 is 4.79 Å². The van der Waals surface area contributed by atoms with Crippen LogP contribution in [0.2, 0.25) is 0 Å². The average molecular weight is 480 g/mol. The van der Waals surface area contributed by atoms with E-state index in [2.05, 4.69) is 58.6 Å². The molecule has 2 aromatic heterocycles. The summed E-state index contributed by atoms with van der Waals surface area (Å²) in [6.45, 7) is 6.97. The molecule has 0 atom stereocenters. The Labute approximate surface area is 200 Å². The molecular formula is C23H25N7OS2. The maximum Gasteiger partial charge on any atom is 0.282 e. The number of carbonyl (C=O) groups excluding carboxylic acids is 1. The average Bonchev–Trinajstić information content (AvgIpc) is 3.43. The molecule has 0 aliphatic rings. The predicted molar refractivity (Wildman–Crippen MR) is 131 cm³/mol. The molecule has 0 aliphatic heterocycles. The molecule has 0 radical (unpaired) electrons. The third-order valence-electron chi connectivity index (χ3n) is 4.96. The lowest BCUT2D eigenvalue weighted by atomic mass is 9.87. The van der Waals surface area contributed by atoms with Crippen LogP contribution in [0, 0.1) is 0 Å². The van der Waals surface area contributed by atoms with Gasteiger partial charge in [-0.25, -0.2) is 4.68 Å². The Bertz CT molecular complexity index is 1230. The van der Waals surface area contributed by atoms with Gasteiger partial charge in [0.05, 0.1) is 5.75 Å². The van der Waals surface area contributed by atoms with Crippen LogP contribution in [0.1, 0.15) is 46.7 Å². The van der Waals surface area contributed by atoms with E-state index in [1.807, 2.05) is 42.5 Å². The second kappa shape index (κ2) is 9.72. The Morgan fingerprint density at radius 1 is 1.03 bits per heavy atom. The Kier molecular flexibility index (Phi) is 6.75. The summed E-state index contributed by atoms with van der Waals surface area (Å²) in [5.74, 6) is 7.09. The molecule has 0 saturated carbocycles. The summed E-state index contributed by atoms with van der Waals surface area (Å²) < 4.78 is 1.48. The summed E-state index contributed by atoms with van der Waals surface area (Å²) >= 11 is 2.65. The second-order valence-electron chi connectivity index (χ2n) is 8.46. The monoisotopic (exact) mass is 479 g/mol. The minimum atomic E-state index is -0.240. The van der Waals surface area contributed by atoms with Crippen molar-refractivity contribution >= 4 is 29.0 Å². The van der Waals surface area contributed by atoms with Crippen LogP contribution in [-0.4, -0.2) is 31.0 Å². The van der Waals surface area contributed by atoms with Crippen LogP contribution in [0.3, 0.4) is 0 Å². The number of hydrogen-bond acceptors (Lipinski definition) is 8. The fourth-order valence-electron chi connectivity index (χ4n) is 3.08. The molecule has 4 aromatic rings. The standard InChI is InChI=1S/C23H25N7OS2/c1-23(2,3)17-11-9-16(10-12-17)19-27-29-22(30(19)24)32-14-18-26-28-21(33-18)20(31)25-13-15-7-5-4-6-8-15/h4-12H,13-14,24H2,1-3H3,(H,25,31). The van der Waals surface area contributed by atoms with Crippen LogP contribution in [0.15, 0.2) is 59.8 Å². The highest BCUT2D eigenvalue weighted by atomic mass is 32.2. The van der Waals surface area contributed by atoms with E-state index in [4.69, 9.17) is 5.84 Å². The van der Waals surface area contributed by atoms with Crippen molar-refractivity contribution in [3.8, 4) is 11.4 Å². The van der Waals surface area contributed by atoms with E-state index in [1.54, 1.807) is 0 Å². The minimum absolute atomic E-state index is 0.0783. The van der Waals surface area contributed by atoms with E-state index in [0.29, 0.717) is 33.3 Å². The zero-order chi connectivity index (χ0) is 23.4. The molecule has 170 valence electrons. The van der Waals surface area contributed by atoms with Gasteiger partial charge in [-0.2, -0.15) is 0 Å². The summed E-state index contributed by atoms with van der Waals surface area (Å²) in [6, 6.07) is 17.9. The number of hydrogen-bond donors (Lipinski definition) is 2. The fourth-order valence-corrected chi connectivity index (χ4v) is 4.67. The Morgan fingerprint density at radius 3 is 2.45 bits per heavy atom. The molecule has 10 heteroatoms. The lowest BCUT2D eigenvalue weighted by Gasteiger charge is -2.19. The number of amides is 1. The number of benzene rings is 2. The molecule has 4 rings (SSSR count). The van der Waals surface area contributed by atoms with Crippen molar-refractivity contribution in [2.24, 2.45) is 0 Å². The van der Waals surface area contributed by atoms with Crippen molar-refractivity contribution in [3.05, 3.63) is 75.7 Å². The summed E-state index contributed by atoms with van der Waals surface area (Å²) in [7, 11) is 0. The highest BCUT2D eigenvalue weighted by molar-refractivity contribution is 7.98. The molecule has 0 fully saturated rings. The van der Waals surface area contributed by atoms with Gasteiger partial charge in [-0.05, 0) is 16.5 Å². The van der Waals surface area contributed by atoms with Crippen molar-refractivity contribution in [2.75, 3.05) is 5.84 Å². The van der Waals surface area contributed by atoms with Crippen molar-refractivity contribution in [1.29, 1.82) is 0 Å². The topological polar surface area (TPSA) is 112 Å². The van der Waals surface area contributed by atoms with E-state index in [1.165, 1.54) is 33.3 Å². The summed E-state index contributed by atoms with van der Waals surface area (Å²) in [5.41, 5.74) is 3.24. The van der Waals surface area contributed by atoms with Gasteiger partial charge in [0.1, 0.15) is 5.01 Å². The van der Waals surface area contributed by atoms with E-state index < -0.39 is 0 Å². The van der Waals surface area contributed by atoms with Gasteiger partial charge in [-0.1, -0.05) is 98.5 Å². The lowest BCUT2D eigenvalue weighted by molar-refractivity contribution is 0.0950. The minimum Gasteiger partial charge on any atom is -0.346 e. The lowest BCUT2D eigenvalue weighted by Crippen LogP contribution is -2.22. The van der Waals surface area contributed by atoms with Gasteiger partial charge in [0, 0.05) is 12.1 Å². The summed E-state index contributed by atoms with van der Waals surface area (Å²) in [6.07, 6.45) is 0. The highest BCUT2D eigenvalue weighted by Gasteiger charge is 2.17. The van der Waals surface area contributed by atoms with Gasteiger partial charge in [-0.15, -0.1) is 20.4 Å². The third kappa shape index (κ3) is 5.58. The first-order valence-corrected chi connectivity index (χ1v) is 12.2. The van der Waals surface area contributed by atoms with Gasteiger partial charge in [0.25, 0.3) is 5.91 Å². The Hall–Kier alpha value is -3.24. The molecule has 0 aliphatic carbocycles. The molecule has 8 nitrogen and oxygen atoms in total. The van der Waals surface area contributed by atoms with E-state index in [9.17, 15) is 4.79 Å². The molecule has 33 heavy (non-hydrogen) atoms. The fraction of sp³-hybridized carbons (Fsp3) is 0.261. The molecule has 0 unspecified atom stereocenters. The van der Waals surface area contributed by atoms with Crippen LogP contribution in [-0.2, 0) is 17.7 Å². The maximum absolute atomic E-state index is 12.3. The molecule has 1 amide bonds. The zero-order valence-electron chi connectivity index (χ0n) is 18.6. The van der Waals surface area contributed by atoms with Crippen LogP contribution < -0.4 is 11.2 Å². The van der Waals surface area contributed by atoms with Crippen LogP contribution in [0.25, 0.3) is 11.4 Å². The second-order valence-corrected chi connectivity index (χ2v) is 10.5. The van der Waals surface area contributed by atoms with Gasteiger partial charge in [0.15, 0.2) is 5.82 Å². The largest absolute Gasteiger partial charge is 0.346 e. The number of nitrogen functional groups attached to an aromatic ring is 1. The summed E-state index contributed by atoms with van der Waals surface area (Å²) in [4.78, 5) is 12.3. The number of thioether (sulfide) groups is 1. The van der Waals surface area contributed by atoms with E-state index >= 15 is 0 Å². The first kappa shape index (κ1) is 22.9. The third-order valence-corrected chi connectivity index (χ3v) is 7.01. The van der Waals surface area contributed by atoms with Gasteiger partial charge in [-0.3, -0.25) is 4.79 Å². The SMILES string of the molecule is CC(C)(C)c1ccc(-c2nnc(SCc3nnc(C(=O)NCc4ccccc4)s3)n2N)cc1. The number of nitrogens with two attached hydrogens (primary N) is 1. The zero-order valence-corrected chi connectivity index (χ0v) is 20.3. The molecule has 2 heterocycles. The molecule has 2 aromatic carbocycles. The normalized spacial score (nSPS) is 11.5. The number of rotatable bonds is 7. The summed E-state index contributed by atoms with van der Waals surface area (Å²) in [5, 5.41) is 21.1. The quantitative estimate of drug-likeness (QED) is 0.304. The van der Waals surface area contributed by atoms with Gasteiger partial charge >= 0.3 is 0 Å². The van der Waals surface area contributed by atoms with Crippen molar-refractivity contribution in [1.82, 2.24) is 30.4 Å². The van der Waals surface area contributed by atoms with Crippen molar-refractivity contribution in [2.45, 2.75) is 43.6 Å². The van der Waals surface area contributed by atoms with Crippen LogP contribution in [0.5, 0.6) is 0 Å². The predicted octanol–water partition coefficient (Wildman–Crippen LogP) is 4.03. The number of nitrogens with zero attached hydrogens (tertiary/aromatic N) is 5. The number of carbonyl (C=O) groups is 1. The van der Waals surface area contributed by atoms with E-state index in [0.717, 1.165) is 11.1 Å². The van der Waals surface area contributed by atoms with Crippen LogP contribution in [0.4, 0.5) is 0 Å². The highest BCUT2D eigenvalue weighted by Crippen LogP contribution is 2.28. The smallest absolute Gasteiger partial charge is 0.282 e. The van der Waals surface area contributed by atoms with Crippen molar-refractivity contribution in [3.63, 3.8) is 0 Å². The number of nitrogens with one attached hydrogen (secondary N) is 1. The first-order valence-electron chi connectivity index (χ1n) is 10.4. The molecule has 0 saturated heterocycles. The Morgan fingerprint density at radius 2 is 1.76 bits per heavy atom. The molecule has 0 spiro atoms. The Balaban J connectivity index is 1.36. The first-order chi connectivity index (χ1) is 15.8. The van der Waals surface area contributed by atoms with E-state index in [-0.39, 0.29) is 11.3 Å².